The number of ether oxygens (including phenoxy) is 9. The van der Waals surface area contributed by atoms with Crippen molar-refractivity contribution >= 4 is 96.2 Å². The molecule has 6 amide bonds. The van der Waals surface area contributed by atoms with Gasteiger partial charge in [0.15, 0.2) is 0 Å². The number of alkyl carbamates (subject to hydrolysis) is 4. The lowest BCUT2D eigenvalue weighted by Gasteiger charge is -2.27. The Bertz CT molecular complexity index is 3230. The highest BCUT2D eigenvalue weighted by atomic mass is 35.5. The van der Waals surface area contributed by atoms with Gasteiger partial charge in [0, 0.05) is 71.3 Å². The number of nitrogens with two attached hydrogens (primary N) is 1. The molecule has 33 nitrogen and oxygen atoms in total. The van der Waals surface area contributed by atoms with E-state index in [1.807, 2.05) is 0 Å². The average molecular weight is 1810 g/mol. The van der Waals surface area contributed by atoms with Crippen LogP contribution in [0.2, 0.25) is 0 Å². The number of carbonyl (C=O) groups is 14. The van der Waals surface area contributed by atoms with Crippen molar-refractivity contribution in [2.24, 2.45) is 5.73 Å². The summed E-state index contributed by atoms with van der Waals surface area (Å²) in [6.07, 6.45) is -11.8. The van der Waals surface area contributed by atoms with Crippen LogP contribution < -0.4 is 32.3 Å². The molecule has 0 aromatic carbocycles. The number of nitrogens with one attached hydrogen (secondary N) is 5. The second-order valence-corrected chi connectivity index (χ2v) is 35.1. The number of methoxy groups -OCH3 is 1. The SMILES string of the molecule is CC(C)(C)OC(=O)N[C@@H](CCC(=O)O)C(=O)OC(C)(C)C.CCC(=O)CC[C@H](NC(=O)OC(C)(C)C)C(=O)OC(C)(C)C.CCC(F)(F)CC[C@H](N)C(=O)OC.CCC(F)(F)CC[C@H](NC(=O)C(F)(F)F)C(=O)O.CCC(F)(F)CC[C@H](NC(=O)OC(C)(C)C)C(=O)OC(C)(C)C.CON(C)C(=O)CC[C@H](NC(=O)OC(C)(C)C)C(=O)OC(C)(C)C.Cl. The van der Waals surface area contributed by atoms with E-state index in [0.717, 1.165) is 17.3 Å². The van der Waals surface area contributed by atoms with Crippen LogP contribution in [-0.2, 0) is 95.4 Å². The van der Waals surface area contributed by atoms with Gasteiger partial charge in [-0.05, 0) is 205 Å². The van der Waals surface area contributed by atoms with Crippen molar-refractivity contribution in [1.29, 1.82) is 0 Å². The number of esters is 5. The van der Waals surface area contributed by atoms with Gasteiger partial charge in [-0.1, -0.05) is 27.7 Å². The summed E-state index contributed by atoms with van der Waals surface area (Å²) in [4.78, 5) is 166. The number of nitrogens with zero attached hydrogens (tertiary/aromatic N) is 1. The lowest BCUT2D eigenvalue weighted by molar-refractivity contribution is -0.175. The topological polar surface area (TPSA) is 461 Å². The van der Waals surface area contributed by atoms with E-state index in [2.05, 4.69) is 26.0 Å². The Kier molecular flexibility index (Phi) is 58.6. The standard InChI is InChI=1S/C16H29F2NO4.C16H30N2O6.C16H29NO5.C14H25NO6.C9H12F5NO3.C8H15F2NO2.ClH/c1-8-16(17,18)10-9-11(12(20)22-14(2,3)4)19-13(21)23-15(5,6)7;1-15(2,3)23-13(20)11(9-10-12(19)18(7)22-8)17-14(21)24-16(4,5)6;1-8-11(18)9-10-12(13(19)21-15(2,3)4)17-14(20)22-16(5,6)7;1-13(2,3)20-11(18)9(7-8-10(16)17)15-12(19)21-14(4,5)6;1-2-8(10,11)4-3-5(6(16)17)15-7(18)9(12,13)14;1-3-8(9,10)5-4-6(11)7(12)13-2;/h11H,8-10H2,1-7H3,(H,19,21);11H,9-10H2,1-8H3,(H,17,21);12H,8-10H2,1-7H3,(H,17,20);9H,7-8H2,1-6H3,(H,15,19)(H,16,17);5H,2-4H2,1H3,(H,15,18)(H,16,17);6H,3-5,11H2,1-2H3;1H/t2*11-;12-;9-;5-;6-;/m000000./s1. The first-order valence-corrected chi connectivity index (χ1v) is 39.0. The van der Waals surface area contributed by atoms with Crippen LogP contribution in [0.25, 0.3) is 0 Å². The molecular weight excluding hydrogens is 1670 g/mol. The molecule has 0 heterocycles. The van der Waals surface area contributed by atoms with Gasteiger partial charge in [-0.25, -0.2) is 74.6 Å². The van der Waals surface area contributed by atoms with Crippen LogP contribution >= 0.6 is 12.4 Å². The minimum atomic E-state index is -5.25. The predicted molar refractivity (Wildman–Crippen MR) is 433 cm³/mol. The van der Waals surface area contributed by atoms with Crippen molar-refractivity contribution < 1.29 is 164 Å². The van der Waals surface area contributed by atoms with Crippen LogP contribution in [0.15, 0.2) is 0 Å². The second kappa shape index (κ2) is 56.4. The van der Waals surface area contributed by atoms with Gasteiger partial charge in [0.25, 0.3) is 0 Å². The highest BCUT2D eigenvalue weighted by Gasteiger charge is 2.42. The number of hydroxylamine groups is 2. The molecule has 0 fully saturated rings. The lowest BCUT2D eigenvalue weighted by atomic mass is 10.1. The molecule has 0 aromatic rings. The number of halogens is 10. The van der Waals surface area contributed by atoms with E-state index in [1.165, 1.54) is 35.1 Å². The van der Waals surface area contributed by atoms with Gasteiger partial charge in [-0.15, -0.1) is 12.4 Å². The molecule has 0 aliphatic rings. The Morgan fingerprint density at radius 3 is 0.820 bits per heavy atom. The lowest BCUT2D eigenvalue weighted by Crippen LogP contribution is -2.47. The Morgan fingerprint density at radius 2 is 0.598 bits per heavy atom. The molecule has 122 heavy (non-hydrogen) atoms. The number of carboxylic acids is 2. The van der Waals surface area contributed by atoms with Crippen LogP contribution in [-0.4, -0.2) is 225 Å². The molecule has 0 aliphatic carbocycles. The Labute approximate surface area is 718 Å². The molecule has 718 valence electrons. The third-order valence-electron chi connectivity index (χ3n) is 13.9. The van der Waals surface area contributed by atoms with E-state index in [9.17, 15) is 107 Å². The molecule has 0 saturated carbocycles. The van der Waals surface area contributed by atoms with E-state index in [-0.39, 0.29) is 94.7 Å². The van der Waals surface area contributed by atoms with Crippen LogP contribution in [0.4, 0.5) is 58.7 Å². The number of hydrogen-bond donors (Lipinski definition) is 8. The van der Waals surface area contributed by atoms with Gasteiger partial charge in [0.05, 0.1) is 14.2 Å². The Hall–Kier alpha value is -8.44. The average Bonchev–Trinajstić information content (AvgIpc) is 0.894. The van der Waals surface area contributed by atoms with E-state index >= 15 is 0 Å². The van der Waals surface area contributed by atoms with Crippen molar-refractivity contribution in [3.63, 3.8) is 0 Å². The van der Waals surface area contributed by atoms with E-state index in [4.69, 9.17) is 58.7 Å². The molecule has 43 heteroatoms. The van der Waals surface area contributed by atoms with E-state index < -0.39 is 203 Å². The molecule has 9 N–H and O–H groups in total. The molecule has 0 unspecified atom stereocenters. The smallest absolute Gasteiger partial charge is 0.471 e. The minimum absolute atomic E-state index is 0. The minimum Gasteiger partial charge on any atom is -0.481 e. The van der Waals surface area contributed by atoms with Crippen molar-refractivity contribution in [3.8, 4) is 0 Å². The third-order valence-corrected chi connectivity index (χ3v) is 13.9. The molecular formula is C79H141ClF9N7O26. The number of alkyl halides is 9. The van der Waals surface area contributed by atoms with Crippen LogP contribution in [0.5, 0.6) is 0 Å². The number of hydrogen-bond acceptors (Lipinski definition) is 25. The first-order chi connectivity index (χ1) is 54.0. The van der Waals surface area contributed by atoms with Crippen LogP contribution in [0.3, 0.4) is 0 Å². The molecule has 0 bridgehead atoms. The number of amides is 6. The summed E-state index contributed by atoms with van der Waals surface area (Å²) in [6.45, 7) is 46.5. The fourth-order valence-corrected chi connectivity index (χ4v) is 7.94. The highest BCUT2D eigenvalue weighted by Crippen LogP contribution is 2.29. The highest BCUT2D eigenvalue weighted by molar-refractivity contribution is 5.88. The molecule has 0 aliphatic heterocycles. The largest absolute Gasteiger partial charge is 0.481 e. The summed E-state index contributed by atoms with van der Waals surface area (Å²) < 4.78 is 159. The maximum absolute atomic E-state index is 13.4. The number of Topliss-reactive ketones (excluding diaryl/α,β-unsaturated/α-hetero) is 1. The zero-order valence-electron chi connectivity index (χ0n) is 76.8. The summed E-state index contributed by atoms with van der Waals surface area (Å²) in [5.41, 5.74) is -0.434. The summed E-state index contributed by atoms with van der Waals surface area (Å²) in [6, 6.07) is -7.06. The van der Waals surface area contributed by atoms with Crippen molar-refractivity contribution in [3.05, 3.63) is 0 Å². The van der Waals surface area contributed by atoms with Gasteiger partial charge in [-0.2, -0.15) is 13.2 Å². The number of ketones is 1. The van der Waals surface area contributed by atoms with E-state index in [1.54, 1.807) is 173 Å². The summed E-state index contributed by atoms with van der Waals surface area (Å²) >= 11 is 0. The fraction of sp³-hybridized carbons (Fsp3) is 0.823. The molecule has 0 rings (SSSR count). The van der Waals surface area contributed by atoms with Gasteiger partial charge in [0.1, 0.15) is 86.8 Å². The summed E-state index contributed by atoms with van der Waals surface area (Å²) in [7, 11) is 4.01. The molecule has 0 radical (unpaired) electrons. The maximum atomic E-state index is 13.4. The van der Waals surface area contributed by atoms with Crippen molar-refractivity contribution in [2.45, 2.75) is 402 Å². The van der Waals surface area contributed by atoms with Gasteiger partial charge >= 0.3 is 78.2 Å². The summed E-state index contributed by atoms with van der Waals surface area (Å²) in [5.74, 6) is -17.7. The Morgan fingerprint density at radius 1 is 0.352 bits per heavy atom. The maximum Gasteiger partial charge on any atom is 0.471 e. The second-order valence-electron chi connectivity index (χ2n) is 35.1. The predicted octanol–water partition coefficient (Wildman–Crippen LogP) is 14.8. The number of rotatable bonds is 34. The van der Waals surface area contributed by atoms with Gasteiger partial charge in [0.2, 0.25) is 23.7 Å². The molecule has 6 atom stereocenters. The van der Waals surface area contributed by atoms with Crippen molar-refractivity contribution in [1.82, 2.24) is 31.6 Å². The third kappa shape index (κ3) is 76.4. The van der Waals surface area contributed by atoms with Crippen molar-refractivity contribution in [2.75, 3.05) is 21.3 Å². The van der Waals surface area contributed by atoms with Gasteiger partial charge in [-0.3, -0.25) is 28.8 Å². The number of carboxylic acid groups (broad SMARTS) is 2. The number of aliphatic carboxylic acids is 2. The normalized spacial score (nSPS) is 13.5. The quantitative estimate of drug-likeness (QED) is 0.0128. The monoisotopic (exact) mass is 1810 g/mol. The summed E-state index contributed by atoms with van der Waals surface area (Å²) in [5, 5.41) is 29.1. The zero-order chi connectivity index (χ0) is 97.0. The zero-order valence-corrected chi connectivity index (χ0v) is 77.6. The van der Waals surface area contributed by atoms with Crippen LogP contribution in [0.1, 0.15) is 297 Å². The first kappa shape index (κ1) is 127. The Balaban J connectivity index is -0.000000262. The molecule has 0 aromatic heterocycles. The fourth-order valence-electron chi connectivity index (χ4n) is 7.94. The molecule has 0 spiro atoms. The van der Waals surface area contributed by atoms with Gasteiger partial charge < -0.3 is 85.2 Å². The first-order valence-electron chi connectivity index (χ1n) is 39.0. The van der Waals surface area contributed by atoms with Crippen LogP contribution in [0, 0.1) is 0 Å². The molecule has 0 saturated heterocycles. The van der Waals surface area contributed by atoms with E-state index in [0.29, 0.717) is 6.42 Å². The number of carbonyl (C=O) groups excluding carboxylic acids is 12.